The second-order valence-corrected chi connectivity index (χ2v) is 6.49. The molecule has 0 aliphatic heterocycles. The first-order valence-electron chi connectivity index (χ1n) is 8.67. The van der Waals surface area contributed by atoms with Crippen molar-refractivity contribution in [2.24, 2.45) is 5.73 Å². The summed E-state index contributed by atoms with van der Waals surface area (Å²) in [5, 5.41) is 9.12. The highest BCUT2D eigenvalue weighted by atomic mass is 18.2. The Morgan fingerprint density at radius 2 is 1.50 bits per heavy atom. The van der Waals surface area contributed by atoms with E-state index >= 15 is 0 Å². The number of aliphatic hydroxyl groups is 1. The Morgan fingerprint density at radius 1 is 0.955 bits per heavy atom. The van der Waals surface area contributed by atoms with Crippen molar-refractivity contribution in [2.45, 2.75) is 70.3 Å². The van der Waals surface area contributed by atoms with Gasteiger partial charge in [-0.1, -0.05) is 63.3 Å². The lowest BCUT2D eigenvalue weighted by atomic mass is 9.93. The van der Waals surface area contributed by atoms with E-state index in [-0.39, 0.29) is 6.61 Å². The van der Waals surface area contributed by atoms with Crippen molar-refractivity contribution in [3.05, 3.63) is 35.4 Å². The van der Waals surface area contributed by atoms with Crippen LogP contribution >= 0.6 is 0 Å². The average Bonchev–Trinajstić information content (AvgIpc) is 2.57. The summed E-state index contributed by atoms with van der Waals surface area (Å²) in [7, 11) is 0. The molecular weight excluding hydrogens is 276 g/mol. The Labute approximate surface area is 134 Å². The maximum absolute atomic E-state index is 12.8. The minimum atomic E-state index is -1.09. The number of benzene rings is 1. The molecule has 3 N–H and O–H groups in total. The van der Waals surface area contributed by atoms with Crippen LogP contribution in [0.1, 0.15) is 63.0 Å². The number of unbranched alkanes of at least 4 members (excludes halogenated alkanes) is 5. The maximum atomic E-state index is 12.8. The number of halogens is 1. The molecular formula is C19H32FNO. The quantitative estimate of drug-likeness (QED) is 0.569. The molecule has 0 aliphatic carbocycles. The number of hydrogen-bond acceptors (Lipinski definition) is 2. The highest BCUT2D eigenvalue weighted by Crippen LogP contribution is 2.15. The molecule has 0 fully saturated rings. The first-order valence-corrected chi connectivity index (χ1v) is 8.67. The molecule has 2 nitrogen and oxygen atoms in total. The standard InChI is InChI=1S/C19H32FNO/c1-2-3-4-5-6-7-8-17-9-11-18(12-10-17)13-14-19(21,15-20)16-22/h9-12,22H,2-8,13-16,21H2,1H3/t19-/m0/s1/i20-1. The number of hydrogen-bond donors (Lipinski definition) is 2. The van der Waals surface area contributed by atoms with Gasteiger partial charge in [-0.15, -0.1) is 0 Å². The maximum Gasteiger partial charge on any atom is 0.110 e. The smallest absolute Gasteiger partial charge is 0.110 e. The molecule has 0 amide bonds. The van der Waals surface area contributed by atoms with Crippen LogP contribution in [0.5, 0.6) is 0 Å². The Hall–Kier alpha value is -0.930. The molecule has 0 bridgehead atoms. The highest BCUT2D eigenvalue weighted by molar-refractivity contribution is 5.23. The number of alkyl halides is 1. The molecule has 22 heavy (non-hydrogen) atoms. The fourth-order valence-electron chi connectivity index (χ4n) is 2.56. The molecule has 0 saturated carbocycles. The molecule has 0 radical (unpaired) electrons. The van der Waals surface area contributed by atoms with Crippen molar-refractivity contribution < 1.29 is 9.50 Å². The van der Waals surface area contributed by atoms with Crippen LogP contribution in [0.4, 0.5) is 4.39 Å². The third-order valence-corrected chi connectivity index (χ3v) is 4.33. The molecule has 0 aliphatic rings. The molecule has 0 spiro atoms. The summed E-state index contributed by atoms with van der Waals surface area (Å²) >= 11 is 0. The predicted octanol–water partition coefficient (Wildman–Crippen LogP) is 4.18. The summed E-state index contributed by atoms with van der Waals surface area (Å²) in [4.78, 5) is 0. The lowest BCUT2D eigenvalue weighted by molar-refractivity contribution is 0.157. The van der Waals surface area contributed by atoms with E-state index in [4.69, 9.17) is 10.8 Å². The van der Waals surface area contributed by atoms with Crippen molar-refractivity contribution in [3.63, 3.8) is 0 Å². The van der Waals surface area contributed by atoms with E-state index in [1.807, 2.05) is 0 Å². The normalized spacial score (nSPS) is 14.0. The van der Waals surface area contributed by atoms with Gasteiger partial charge in [-0.2, -0.15) is 0 Å². The molecule has 126 valence electrons. The lowest BCUT2D eigenvalue weighted by Crippen LogP contribution is -2.46. The van der Waals surface area contributed by atoms with Crippen molar-refractivity contribution in [2.75, 3.05) is 13.3 Å². The minimum absolute atomic E-state index is 0.306. The zero-order valence-electron chi connectivity index (χ0n) is 14.0. The van der Waals surface area contributed by atoms with Gasteiger partial charge in [-0.05, 0) is 36.8 Å². The fourth-order valence-corrected chi connectivity index (χ4v) is 2.56. The zero-order chi connectivity index (χ0) is 16.3. The SMILES string of the molecule is CCCCCCCCc1ccc(CC[C@@](N)(CO)C[18F])cc1. The average molecular weight is 308 g/mol. The Bertz CT molecular complexity index is 387. The van der Waals surface area contributed by atoms with Crippen molar-refractivity contribution in [3.8, 4) is 0 Å². The molecule has 1 atom stereocenters. The van der Waals surface area contributed by atoms with Gasteiger partial charge >= 0.3 is 0 Å². The van der Waals surface area contributed by atoms with Crippen molar-refractivity contribution in [1.29, 1.82) is 0 Å². The van der Waals surface area contributed by atoms with E-state index < -0.39 is 12.2 Å². The number of nitrogens with two attached hydrogens (primary N) is 1. The van der Waals surface area contributed by atoms with Crippen LogP contribution in [0.15, 0.2) is 24.3 Å². The van der Waals surface area contributed by atoms with Gasteiger partial charge in [0.05, 0.1) is 12.1 Å². The largest absolute Gasteiger partial charge is 0.394 e. The lowest BCUT2D eigenvalue weighted by Gasteiger charge is -2.23. The van der Waals surface area contributed by atoms with Crippen molar-refractivity contribution in [1.82, 2.24) is 0 Å². The molecule has 1 rings (SSSR count). The second-order valence-electron chi connectivity index (χ2n) is 6.49. The topological polar surface area (TPSA) is 46.2 Å². The van der Waals surface area contributed by atoms with Crippen LogP contribution in [0.2, 0.25) is 0 Å². The summed E-state index contributed by atoms with van der Waals surface area (Å²) in [5.41, 5.74) is 7.20. The van der Waals surface area contributed by atoms with Gasteiger partial charge < -0.3 is 10.8 Å². The Balaban J connectivity index is 2.28. The van der Waals surface area contributed by atoms with Crippen LogP contribution < -0.4 is 5.73 Å². The first kappa shape index (κ1) is 19.1. The molecule has 0 aromatic heterocycles. The van der Waals surface area contributed by atoms with E-state index in [0.717, 1.165) is 12.0 Å². The van der Waals surface area contributed by atoms with E-state index in [2.05, 4.69) is 31.2 Å². The van der Waals surface area contributed by atoms with Gasteiger partial charge in [0.15, 0.2) is 0 Å². The van der Waals surface area contributed by atoms with Gasteiger partial charge in [0.2, 0.25) is 0 Å². The summed E-state index contributed by atoms with van der Waals surface area (Å²) in [6, 6.07) is 8.52. The summed E-state index contributed by atoms with van der Waals surface area (Å²) < 4.78 is 12.8. The third-order valence-electron chi connectivity index (χ3n) is 4.33. The van der Waals surface area contributed by atoms with Gasteiger partial charge in [-0.3, -0.25) is 0 Å². The molecule has 1 aromatic rings. The number of aliphatic hydroxyl groups excluding tert-OH is 1. The predicted molar refractivity (Wildman–Crippen MR) is 91.8 cm³/mol. The van der Waals surface area contributed by atoms with E-state index in [1.165, 1.54) is 44.1 Å². The van der Waals surface area contributed by atoms with E-state index in [1.54, 1.807) is 0 Å². The van der Waals surface area contributed by atoms with Crippen LogP contribution in [0.3, 0.4) is 0 Å². The zero-order valence-corrected chi connectivity index (χ0v) is 14.0. The van der Waals surface area contributed by atoms with Gasteiger partial charge in [0.1, 0.15) is 6.67 Å². The Morgan fingerprint density at radius 3 is 2.05 bits per heavy atom. The van der Waals surface area contributed by atoms with E-state index in [9.17, 15) is 4.39 Å². The van der Waals surface area contributed by atoms with Crippen molar-refractivity contribution >= 4 is 0 Å². The molecule has 1 aromatic carbocycles. The third kappa shape index (κ3) is 7.37. The van der Waals surface area contributed by atoms with Crippen LogP contribution in [0.25, 0.3) is 0 Å². The van der Waals surface area contributed by atoms with Crippen LogP contribution in [-0.2, 0) is 12.8 Å². The number of rotatable bonds is 12. The van der Waals surface area contributed by atoms with E-state index in [0.29, 0.717) is 12.8 Å². The van der Waals surface area contributed by atoms with Crippen LogP contribution in [0, 0.1) is 0 Å². The van der Waals surface area contributed by atoms with Gasteiger partial charge in [0.25, 0.3) is 0 Å². The summed E-state index contributed by atoms with van der Waals surface area (Å²) in [6.07, 6.45) is 10.2. The summed E-state index contributed by atoms with van der Waals surface area (Å²) in [5.74, 6) is 0. The monoisotopic (exact) mass is 308 g/mol. The second kappa shape index (κ2) is 10.7. The number of aryl methyl sites for hydroxylation is 2. The molecule has 0 saturated heterocycles. The first-order chi connectivity index (χ1) is 10.6. The van der Waals surface area contributed by atoms with Gasteiger partial charge in [0, 0.05) is 0 Å². The highest BCUT2D eigenvalue weighted by Gasteiger charge is 2.23. The minimum Gasteiger partial charge on any atom is -0.394 e. The molecule has 0 unspecified atom stereocenters. The molecule has 3 heteroatoms. The Kier molecular flexibility index (Phi) is 9.33. The van der Waals surface area contributed by atoms with Crippen LogP contribution in [-0.4, -0.2) is 23.9 Å². The summed E-state index contributed by atoms with van der Waals surface area (Å²) in [6.45, 7) is 1.25. The fraction of sp³-hybridized carbons (Fsp3) is 0.684. The van der Waals surface area contributed by atoms with Gasteiger partial charge in [-0.25, -0.2) is 4.39 Å². The molecule has 0 heterocycles.